The fourth-order valence-electron chi connectivity index (χ4n) is 4.05. The first-order valence-corrected chi connectivity index (χ1v) is 9.89. The van der Waals surface area contributed by atoms with Crippen LogP contribution in [0.3, 0.4) is 0 Å². The molecular weight excluding hydrogens is 316 g/mol. The summed E-state index contributed by atoms with van der Waals surface area (Å²) in [6, 6.07) is 12.9. The third-order valence-corrected chi connectivity index (χ3v) is 6.36. The molecule has 0 bridgehead atoms. The minimum atomic E-state index is 0.238. The number of piperidine rings is 1. The number of amides is 1. The van der Waals surface area contributed by atoms with E-state index in [1.165, 1.54) is 16.0 Å². The Labute approximate surface area is 147 Å². The summed E-state index contributed by atoms with van der Waals surface area (Å²) in [5, 5.41) is 2.15. The molecule has 0 atom stereocenters. The molecule has 2 aliphatic heterocycles. The molecule has 0 spiro atoms. The lowest BCUT2D eigenvalue weighted by Gasteiger charge is -2.34. The Morgan fingerprint density at radius 2 is 1.92 bits per heavy atom. The fourth-order valence-corrected chi connectivity index (χ4v) is 4.83. The number of thiophene rings is 1. The van der Waals surface area contributed by atoms with E-state index in [1.54, 1.807) is 4.90 Å². The lowest BCUT2D eigenvalue weighted by molar-refractivity contribution is -0.919. The SMILES string of the molecule is O=C(C1CC[NH+](Cc2cccs2)CC1)N1CCc2ccccc2C1. The first kappa shape index (κ1) is 15.9. The average molecular weight is 342 g/mol. The molecule has 3 heterocycles. The molecule has 2 aliphatic rings. The Balaban J connectivity index is 1.32. The summed E-state index contributed by atoms with van der Waals surface area (Å²) in [7, 11) is 0. The molecule has 24 heavy (non-hydrogen) atoms. The topological polar surface area (TPSA) is 24.8 Å². The maximum Gasteiger partial charge on any atom is 0.226 e. The van der Waals surface area contributed by atoms with Crippen LogP contribution in [0.2, 0.25) is 0 Å². The van der Waals surface area contributed by atoms with Crippen molar-refractivity contribution < 1.29 is 9.69 Å². The Morgan fingerprint density at radius 1 is 1.12 bits per heavy atom. The van der Waals surface area contributed by atoms with Gasteiger partial charge in [-0.25, -0.2) is 0 Å². The van der Waals surface area contributed by atoms with Gasteiger partial charge in [0, 0.05) is 31.8 Å². The average Bonchev–Trinajstić information content (AvgIpc) is 3.14. The van der Waals surface area contributed by atoms with Crippen LogP contribution in [0.4, 0.5) is 0 Å². The number of likely N-dealkylation sites (tertiary alicyclic amines) is 1. The lowest BCUT2D eigenvalue weighted by Crippen LogP contribution is -3.11. The van der Waals surface area contributed by atoms with Gasteiger partial charge in [-0.05, 0) is 29.0 Å². The van der Waals surface area contributed by atoms with Gasteiger partial charge in [-0.15, -0.1) is 11.3 Å². The standard InChI is InChI=1S/C20H24N2OS/c23-20(22-12-9-16-4-1-2-5-18(16)14-22)17-7-10-21(11-8-17)15-19-6-3-13-24-19/h1-6,13,17H,7-12,14-15H2/p+1. The van der Waals surface area contributed by atoms with Gasteiger partial charge in [0.1, 0.15) is 6.54 Å². The number of fused-ring (bicyclic) bond motifs is 1. The number of hydrogen-bond donors (Lipinski definition) is 1. The molecule has 1 saturated heterocycles. The third kappa shape index (κ3) is 3.40. The lowest BCUT2D eigenvalue weighted by atomic mass is 9.93. The highest BCUT2D eigenvalue weighted by atomic mass is 32.1. The summed E-state index contributed by atoms with van der Waals surface area (Å²) in [5.41, 5.74) is 2.75. The molecule has 0 saturated carbocycles. The Bertz CT molecular complexity index is 689. The van der Waals surface area contributed by atoms with Crippen molar-refractivity contribution in [1.82, 2.24) is 4.90 Å². The summed E-state index contributed by atoms with van der Waals surface area (Å²) in [4.78, 5) is 18.1. The highest BCUT2D eigenvalue weighted by Crippen LogP contribution is 2.22. The van der Waals surface area contributed by atoms with Gasteiger partial charge in [-0.1, -0.05) is 30.3 Å². The second-order valence-electron chi connectivity index (χ2n) is 7.06. The highest BCUT2D eigenvalue weighted by molar-refractivity contribution is 7.09. The Hall–Kier alpha value is -1.65. The van der Waals surface area contributed by atoms with Gasteiger partial charge in [-0.2, -0.15) is 0 Å². The predicted octanol–water partition coefficient (Wildman–Crippen LogP) is 2.13. The zero-order chi connectivity index (χ0) is 16.4. The van der Waals surface area contributed by atoms with E-state index >= 15 is 0 Å². The van der Waals surface area contributed by atoms with E-state index in [9.17, 15) is 4.79 Å². The fraction of sp³-hybridized carbons (Fsp3) is 0.450. The number of hydrogen-bond acceptors (Lipinski definition) is 2. The van der Waals surface area contributed by atoms with Crippen molar-refractivity contribution in [2.45, 2.75) is 32.4 Å². The number of carbonyl (C=O) groups is 1. The van der Waals surface area contributed by atoms with Crippen molar-refractivity contribution in [1.29, 1.82) is 0 Å². The molecule has 4 rings (SSSR count). The van der Waals surface area contributed by atoms with Crippen LogP contribution in [0.25, 0.3) is 0 Å². The second-order valence-corrected chi connectivity index (χ2v) is 8.09. The summed E-state index contributed by atoms with van der Waals surface area (Å²) in [6.07, 6.45) is 3.08. The molecule has 126 valence electrons. The summed E-state index contributed by atoms with van der Waals surface area (Å²) < 4.78 is 0. The van der Waals surface area contributed by atoms with Crippen LogP contribution >= 0.6 is 11.3 Å². The number of benzene rings is 1. The molecule has 4 heteroatoms. The van der Waals surface area contributed by atoms with E-state index in [-0.39, 0.29) is 5.92 Å². The first-order chi connectivity index (χ1) is 11.8. The van der Waals surface area contributed by atoms with Crippen LogP contribution in [-0.4, -0.2) is 30.4 Å². The number of rotatable bonds is 3. The molecule has 1 amide bonds. The smallest absolute Gasteiger partial charge is 0.226 e. The highest BCUT2D eigenvalue weighted by Gasteiger charge is 2.31. The maximum atomic E-state index is 12.9. The molecule has 2 aromatic rings. The van der Waals surface area contributed by atoms with Crippen molar-refractivity contribution in [3.8, 4) is 0 Å². The molecule has 3 nitrogen and oxygen atoms in total. The number of nitrogens with one attached hydrogen (secondary N) is 1. The van der Waals surface area contributed by atoms with Gasteiger partial charge in [0.15, 0.2) is 0 Å². The largest absolute Gasteiger partial charge is 0.338 e. The zero-order valence-electron chi connectivity index (χ0n) is 14.0. The van der Waals surface area contributed by atoms with Crippen molar-refractivity contribution in [3.05, 3.63) is 57.8 Å². The van der Waals surface area contributed by atoms with Crippen molar-refractivity contribution >= 4 is 17.2 Å². The monoisotopic (exact) mass is 341 g/mol. The van der Waals surface area contributed by atoms with Crippen molar-refractivity contribution in [2.75, 3.05) is 19.6 Å². The van der Waals surface area contributed by atoms with Crippen LogP contribution < -0.4 is 4.90 Å². The second kappa shape index (κ2) is 7.08. The van der Waals surface area contributed by atoms with Gasteiger partial charge < -0.3 is 9.80 Å². The van der Waals surface area contributed by atoms with Crippen molar-refractivity contribution in [2.24, 2.45) is 5.92 Å². The molecule has 1 N–H and O–H groups in total. The van der Waals surface area contributed by atoms with Crippen LogP contribution in [0.1, 0.15) is 28.8 Å². The number of nitrogens with zero attached hydrogens (tertiary/aromatic N) is 1. The molecule has 0 aliphatic carbocycles. The summed E-state index contributed by atoms with van der Waals surface area (Å²) in [6.45, 7) is 5.06. The van der Waals surface area contributed by atoms with Gasteiger partial charge in [0.2, 0.25) is 5.91 Å². The van der Waals surface area contributed by atoms with Crippen LogP contribution in [0.15, 0.2) is 41.8 Å². The van der Waals surface area contributed by atoms with Gasteiger partial charge in [-0.3, -0.25) is 4.79 Å². The first-order valence-electron chi connectivity index (χ1n) is 9.01. The number of quaternary nitrogens is 1. The molecule has 0 unspecified atom stereocenters. The Kier molecular flexibility index (Phi) is 4.67. The van der Waals surface area contributed by atoms with E-state index in [2.05, 4.69) is 46.7 Å². The molecule has 1 fully saturated rings. The third-order valence-electron chi connectivity index (χ3n) is 5.49. The zero-order valence-corrected chi connectivity index (χ0v) is 14.9. The van der Waals surface area contributed by atoms with Crippen LogP contribution in [-0.2, 0) is 24.3 Å². The van der Waals surface area contributed by atoms with Gasteiger partial charge in [0.25, 0.3) is 0 Å². The van der Waals surface area contributed by atoms with Gasteiger partial charge >= 0.3 is 0 Å². The Morgan fingerprint density at radius 3 is 2.67 bits per heavy atom. The van der Waals surface area contributed by atoms with E-state index in [0.29, 0.717) is 5.91 Å². The predicted molar refractivity (Wildman–Crippen MR) is 97.0 cm³/mol. The van der Waals surface area contributed by atoms with Gasteiger partial charge in [0.05, 0.1) is 18.0 Å². The van der Waals surface area contributed by atoms with E-state index in [0.717, 1.165) is 52.0 Å². The molecular formula is C20H25N2OS+. The van der Waals surface area contributed by atoms with E-state index in [1.807, 2.05) is 11.3 Å². The minimum Gasteiger partial charge on any atom is -0.338 e. The molecule has 0 radical (unpaired) electrons. The minimum absolute atomic E-state index is 0.238. The van der Waals surface area contributed by atoms with Crippen LogP contribution in [0.5, 0.6) is 0 Å². The summed E-state index contributed by atoms with van der Waals surface area (Å²) in [5.74, 6) is 0.627. The van der Waals surface area contributed by atoms with Crippen LogP contribution in [0, 0.1) is 5.92 Å². The maximum absolute atomic E-state index is 12.9. The normalized spacial score (nSPS) is 23.8. The molecule has 1 aromatic carbocycles. The van der Waals surface area contributed by atoms with E-state index < -0.39 is 0 Å². The quantitative estimate of drug-likeness (QED) is 0.909. The summed E-state index contributed by atoms with van der Waals surface area (Å²) >= 11 is 1.84. The number of carbonyl (C=O) groups excluding carboxylic acids is 1. The molecule has 1 aromatic heterocycles. The van der Waals surface area contributed by atoms with E-state index in [4.69, 9.17) is 0 Å². The van der Waals surface area contributed by atoms with Crippen molar-refractivity contribution in [3.63, 3.8) is 0 Å².